The first kappa shape index (κ1) is 26.8. The highest BCUT2D eigenvalue weighted by molar-refractivity contribution is 5.39. The smallest absolute Gasteiger partial charge is 0.00154 e. The summed E-state index contributed by atoms with van der Waals surface area (Å²) in [7, 11) is 0. The molecule has 4 aliphatic rings. The summed E-state index contributed by atoms with van der Waals surface area (Å²) in [6.07, 6.45) is 34.0. The highest BCUT2D eigenvalue weighted by Gasteiger charge is 2.33. The molecule has 0 aromatic rings. The van der Waals surface area contributed by atoms with Gasteiger partial charge in [-0.3, -0.25) is 0 Å². The Morgan fingerprint density at radius 1 is 1.06 bits per heavy atom. The number of hydrogen-bond donors (Lipinski definition) is 0. The van der Waals surface area contributed by atoms with Gasteiger partial charge in [-0.25, -0.2) is 0 Å². The molecule has 0 spiro atoms. The van der Waals surface area contributed by atoms with Crippen LogP contribution in [0.1, 0.15) is 126 Å². The molecule has 5 atom stereocenters. The summed E-state index contributed by atoms with van der Waals surface area (Å²) in [5.41, 5.74) is 6.99. The summed E-state index contributed by atoms with van der Waals surface area (Å²) in [6.45, 7) is 11.4. The van der Waals surface area contributed by atoms with E-state index in [-0.39, 0.29) is 2.85 Å². The third kappa shape index (κ3) is 7.36. The van der Waals surface area contributed by atoms with Crippen LogP contribution in [-0.2, 0) is 0 Å². The fourth-order valence-electron chi connectivity index (χ4n) is 7.77. The van der Waals surface area contributed by atoms with Crippen molar-refractivity contribution in [2.45, 2.75) is 124 Å². The number of hydrogen-bond acceptors (Lipinski definition) is 0. The van der Waals surface area contributed by atoms with E-state index in [1.807, 2.05) is 17.2 Å². The van der Waals surface area contributed by atoms with E-state index in [0.717, 1.165) is 29.6 Å². The molecule has 1 saturated carbocycles. The highest BCUT2D eigenvalue weighted by Crippen LogP contribution is 2.47. The van der Waals surface area contributed by atoms with Crippen LogP contribution < -0.4 is 0 Å². The molecule has 4 rings (SSSR count). The van der Waals surface area contributed by atoms with Crippen LogP contribution >= 0.6 is 0 Å². The largest absolute Gasteiger partial charge is 0.0991 e. The van der Waals surface area contributed by atoms with Gasteiger partial charge in [-0.05, 0) is 93.5 Å². The minimum atomic E-state index is 0. The van der Waals surface area contributed by atoms with Crippen LogP contribution in [0.5, 0.6) is 0 Å². The van der Waals surface area contributed by atoms with E-state index in [4.69, 9.17) is 0 Å². The predicted octanol–water partition coefficient (Wildman–Crippen LogP) is 11.4. The Morgan fingerprint density at radius 3 is 2.49 bits per heavy atom. The number of rotatable bonds is 13. The Kier molecular flexibility index (Phi) is 10.2. The zero-order valence-electron chi connectivity index (χ0n) is 23.4. The third-order valence-electron chi connectivity index (χ3n) is 10.2. The first-order valence-corrected chi connectivity index (χ1v) is 15.4. The lowest BCUT2D eigenvalue weighted by atomic mass is 9.70. The Hall–Kier alpha value is -1.30. The van der Waals surface area contributed by atoms with Crippen molar-refractivity contribution in [3.63, 3.8) is 0 Å². The first-order valence-electron chi connectivity index (χ1n) is 15.4. The minimum absolute atomic E-state index is 0. The standard InChI is InChI=1S/C35H54.2H2/c1-5-6-19-32-21-22-33-25-26(2)24-27(3)35(33)34(28(32)4)23-20-31(17-9-15-29-11-7-12-29)18-10-16-30-13-8-14-30;;/h5-7,11,19,26-27,29-31,34H,1,8-10,12-18,20-25H2,2-4H3;2*1H/b19-6-;;. The molecule has 0 aromatic heterocycles. The van der Waals surface area contributed by atoms with Crippen LogP contribution in [0.3, 0.4) is 0 Å². The predicted molar refractivity (Wildman–Crippen MR) is 159 cm³/mol. The summed E-state index contributed by atoms with van der Waals surface area (Å²) in [6, 6.07) is 0. The van der Waals surface area contributed by atoms with Crippen LogP contribution in [0.25, 0.3) is 0 Å². The van der Waals surface area contributed by atoms with Crippen LogP contribution in [0, 0.1) is 35.5 Å². The summed E-state index contributed by atoms with van der Waals surface area (Å²) in [5, 5.41) is 0. The van der Waals surface area contributed by atoms with E-state index < -0.39 is 0 Å². The molecule has 1 fully saturated rings. The maximum Gasteiger partial charge on any atom is 0.00154 e. The molecule has 35 heavy (non-hydrogen) atoms. The van der Waals surface area contributed by atoms with Crippen molar-refractivity contribution < 1.29 is 2.85 Å². The van der Waals surface area contributed by atoms with Gasteiger partial charge < -0.3 is 0 Å². The zero-order valence-corrected chi connectivity index (χ0v) is 23.4. The molecular formula is C35H58. The molecule has 4 aliphatic carbocycles. The molecule has 5 unspecified atom stereocenters. The fourth-order valence-corrected chi connectivity index (χ4v) is 7.77. The lowest BCUT2D eigenvalue weighted by molar-refractivity contribution is 0.269. The molecule has 0 bridgehead atoms. The second-order valence-electron chi connectivity index (χ2n) is 12.9. The topological polar surface area (TPSA) is 0 Å². The second kappa shape index (κ2) is 13.3. The molecule has 198 valence electrons. The Labute approximate surface area is 221 Å². The van der Waals surface area contributed by atoms with Crippen LogP contribution in [0.15, 0.2) is 59.3 Å². The Morgan fingerprint density at radius 2 is 1.83 bits per heavy atom. The van der Waals surface area contributed by atoms with Gasteiger partial charge in [0.15, 0.2) is 0 Å². The van der Waals surface area contributed by atoms with Crippen molar-refractivity contribution in [3.8, 4) is 0 Å². The molecular weight excluding hydrogens is 420 g/mol. The summed E-state index contributed by atoms with van der Waals surface area (Å²) in [5.74, 6) is 5.20. The monoisotopic (exact) mass is 478 g/mol. The van der Waals surface area contributed by atoms with Crippen LogP contribution in [0.4, 0.5) is 0 Å². The van der Waals surface area contributed by atoms with Crippen LogP contribution in [-0.4, -0.2) is 0 Å². The molecule has 0 aliphatic heterocycles. The molecule has 0 aromatic carbocycles. The minimum Gasteiger partial charge on any atom is -0.0991 e. The maximum absolute atomic E-state index is 3.94. The van der Waals surface area contributed by atoms with Crippen LogP contribution in [0.2, 0.25) is 0 Å². The van der Waals surface area contributed by atoms with Gasteiger partial charge in [-0.2, -0.15) is 0 Å². The Balaban J connectivity index is 0.00000241. The van der Waals surface area contributed by atoms with Gasteiger partial charge in [0, 0.05) is 8.77 Å². The molecule has 0 heteroatoms. The van der Waals surface area contributed by atoms with Crippen molar-refractivity contribution in [1.29, 1.82) is 0 Å². The van der Waals surface area contributed by atoms with Gasteiger partial charge in [0.25, 0.3) is 0 Å². The number of allylic oxidation sites excluding steroid dienone is 9. The SMILES string of the molecule is C=C/C=C\C1=C(C)C(CCC(CCCC2C=CC2)CCCC2CCC2)C2=C(CC1)CC(C)CC2C.[HH].[HH]. The fraction of sp³-hybridized carbons (Fsp3) is 0.714. The average Bonchev–Trinajstić information content (AvgIpc) is 2.89. The van der Waals surface area contributed by atoms with Crippen molar-refractivity contribution in [3.05, 3.63) is 59.3 Å². The Bertz CT molecular complexity index is 824. The van der Waals surface area contributed by atoms with Gasteiger partial charge in [-0.15, -0.1) is 0 Å². The van der Waals surface area contributed by atoms with E-state index in [1.54, 1.807) is 11.1 Å². The summed E-state index contributed by atoms with van der Waals surface area (Å²) < 4.78 is 0. The summed E-state index contributed by atoms with van der Waals surface area (Å²) in [4.78, 5) is 0. The highest BCUT2D eigenvalue weighted by atomic mass is 14.4. The molecule has 0 N–H and O–H groups in total. The van der Waals surface area contributed by atoms with E-state index in [2.05, 4.69) is 51.7 Å². The maximum atomic E-state index is 3.94. The van der Waals surface area contributed by atoms with Gasteiger partial charge in [0.1, 0.15) is 0 Å². The van der Waals surface area contributed by atoms with Gasteiger partial charge in [0.05, 0.1) is 0 Å². The first-order chi connectivity index (χ1) is 17.0. The molecule has 0 amide bonds. The molecule has 0 nitrogen and oxygen atoms in total. The molecule has 0 saturated heterocycles. The normalized spacial score (nSPS) is 30.1. The van der Waals surface area contributed by atoms with Gasteiger partial charge in [0.2, 0.25) is 0 Å². The van der Waals surface area contributed by atoms with E-state index in [9.17, 15) is 0 Å². The van der Waals surface area contributed by atoms with Gasteiger partial charge in [-0.1, -0.05) is 119 Å². The average molecular weight is 479 g/mol. The molecule has 0 radical (unpaired) electrons. The van der Waals surface area contributed by atoms with Crippen molar-refractivity contribution in [2.75, 3.05) is 0 Å². The van der Waals surface area contributed by atoms with Crippen molar-refractivity contribution in [2.24, 2.45) is 35.5 Å². The van der Waals surface area contributed by atoms with E-state index >= 15 is 0 Å². The van der Waals surface area contributed by atoms with E-state index in [0.29, 0.717) is 5.92 Å². The lowest BCUT2D eigenvalue weighted by Gasteiger charge is -2.35. The van der Waals surface area contributed by atoms with Crippen molar-refractivity contribution in [1.82, 2.24) is 0 Å². The van der Waals surface area contributed by atoms with Crippen molar-refractivity contribution >= 4 is 0 Å². The summed E-state index contributed by atoms with van der Waals surface area (Å²) >= 11 is 0. The van der Waals surface area contributed by atoms with Gasteiger partial charge >= 0.3 is 0 Å². The third-order valence-corrected chi connectivity index (χ3v) is 10.2. The van der Waals surface area contributed by atoms with E-state index in [1.165, 1.54) is 103 Å². The second-order valence-corrected chi connectivity index (χ2v) is 12.9. The quantitative estimate of drug-likeness (QED) is 0.182. The zero-order chi connectivity index (χ0) is 24.6. The molecule has 0 heterocycles. The lowest BCUT2D eigenvalue weighted by Crippen LogP contribution is -2.22.